The number of hydrogen-bond donors (Lipinski definition) is 0. The first-order valence-electron chi connectivity index (χ1n) is 8.79. The molecule has 0 atom stereocenters. The molecule has 2 heterocycles. The molecule has 0 bridgehead atoms. The summed E-state index contributed by atoms with van der Waals surface area (Å²) in [6.45, 7) is 3.45. The van der Waals surface area contributed by atoms with Gasteiger partial charge in [-0.05, 0) is 19.9 Å². The van der Waals surface area contributed by atoms with Gasteiger partial charge in [-0.1, -0.05) is 0 Å². The summed E-state index contributed by atoms with van der Waals surface area (Å²) in [6.07, 6.45) is 1.59. The Morgan fingerprint density at radius 2 is 1.59 bits per heavy atom. The zero-order chi connectivity index (χ0) is 21.3. The van der Waals surface area contributed by atoms with E-state index in [9.17, 15) is 9.59 Å². The normalized spacial score (nSPS) is 10.7. The summed E-state index contributed by atoms with van der Waals surface area (Å²) in [5, 5.41) is 0.836. The minimum atomic E-state index is -0.537. The van der Waals surface area contributed by atoms with Gasteiger partial charge in [-0.25, -0.2) is 4.79 Å². The number of pyridine rings is 2. The van der Waals surface area contributed by atoms with Crippen LogP contribution in [-0.4, -0.2) is 44.0 Å². The molecule has 0 spiro atoms. The second-order valence-electron chi connectivity index (χ2n) is 6.31. The Bertz CT molecular complexity index is 1140. The van der Waals surface area contributed by atoms with E-state index in [0.717, 1.165) is 0 Å². The van der Waals surface area contributed by atoms with Gasteiger partial charge in [-0.3, -0.25) is 14.3 Å². The summed E-state index contributed by atoms with van der Waals surface area (Å²) in [7, 11) is 5.81. The highest BCUT2D eigenvalue weighted by atomic mass is 16.5. The van der Waals surface area contributed by atoms with Crippen LogP contribution in [0.3, 0.4) is 0 Å². The molecule has 0 saturated carbocycles. The fraction of sp³-hybridized carbons (Fsp3) is 0.286. The molecule has 8 nitrogen and oxygen atoms in total. The Balaban J connectivity index is 2.35. The van der Waals surface area contributed by atoms with E-state index in [4.69, 9.17) is 18.9 Å². The standard InChI is InChI=1S/C21H22N2O6/c1-11-17-14(18(12(2)22-11)21(25)29-6)7-8-23(20(17)24)13-9-15(26-3)19(28-5)16(10-13)27-4/h7-10H,1-6H3. The van der Waals surface area contributed by atoms with E-state index in [0.29, 0.717) is 45.1 Å². The number of nitrogens with zero attached hydrogens (tertiary/aromatic N) is 2. The predicted molar refractivity (Wildman–Crippen MR) is 108 cm³/mol. The summed E-state index contributed by atoms with van der Waals surface area (Å²) in [6, 6.07) is 5.05. The molecule has 0 fully saturated rings. The van der Waals surface area contributed by atoms with E-state index < -0.39 is 5.97 Å². The van der Waals surface area contributed by atoms with Crippen LogP contribution in [0.1, 0.15) is 21.7 Å². The van der Waals surface area contributed by atoms with Crippen LogP contribution >= 0.6 is 0 Å². The summed E-state index contributed by atoms with van der Waals surface area (Å²) in [5.41, 5.74) is 1.50. The van der Waals surface area contributed by atoms with Crippen molar-refractivity contribution in [2.45, 2.75) is 13.8 Å². The molecular weight excluding hydrogens is 376 g/mol. The van der Waals surface area contributed by atoms with E-state index in [1.54, 1.807) is 38.2 Å². The van der Waals surface area contributed by atoms with Crippen molar-refractivity contribution in [2.24, 2.45) is 0 Å². The fourth-order valence-corrected chi connectivity index (χ4v) is 3.42. The van der Waals surface area contributed by atoms with Gasteiger partial charge in [0.2, 0.25) is 5.75 Å². The molecule has 0 aliphatic rings. The number of fused-ring (bicyclic) bond motifs is 1. The molecule has 3 aromatic rings. The average Bonchev–Trinajstić information content (AvgIpc) is 2.72. The molecule has 0 aliphatic carbocycles. The maximum atomic E-state index is 13.3. The van der Waals surface area contributed by atoms with Gasteiger partial charge in [0.05, 0.1) is 56.5 Å². The van der Waals surface area contributed by atoms with Crippen LogP contribution < -0.4 is 19.8 Å². The van der Waals surface area contributed by atoms with E-state index in [1.807, 2.05) is 0 Å². The maximum absolute atomic E-state index is 13.3. The van der Waals surface area contributed by atoms with Crippen molar-refractivity contribution in [3.05, 3.63) is 51.7 Å². The zero-order valence-electron chi connectivity index (χ0n) is 17.2. The summed E-state index contributed by atoms with van der Waals surface area (Å²) >= 11 is 0. The third-order valence-corrected chi connectivity index (χ3v) is 4.74. The van der Waals surface area contributed by atoms with Gasteiger partial charge in [-0.2, -0.15) is 0 Å². The van der Waals surface area contributed by atoms with Crippen LogP contribution in [-0.2, 0) is 4.74 Å². The molecular formula is C21H22N2O6. The lowest BCUT2D eigenvalue weighted by molar-refractivity contribution is 0.0601. The number of hydrogen-bond acceptors (Lipinski definition) is 7. The van der Waals surface area contributed by atoms with Gasteiger partial charge >= 0.3 is 5.97 Å². The van der Waals surface area contributed by atoms with E-state index in [2.05, 4.69) is 4.98 Å². The largest absolute Gasteiger partial charge is 0.493 e. The van der Waals surface area contributed by atoms with Crippen molar-refractivity contribution in [2.75, 3.05) is 28.4 Å². The number of ether oxygens (including phenoxy) is 4. The number of carbonyl (C=O) groups is 1. The number of benzene rings is 1. The predicted octanol–water partition coefficient (Wildman–Crippen LogP) is 2.81. The Labute approximate surface area is 167 Å². The van der Waals surface area contributed by atoms with Crippen LogP contribution in [0.5, 0.6) is 17.2 Å². The number of aromatic nitrogens is 2. The number of methoxy groups -OCH3 is 4. The SMILES string of the molecule is COC(=O)c1c(C)nc(C)c2c(=O)n(-c3cc(OC)c(OC)c(OC)c3)ccc12. The van der Waals surface area contributed by atoms with Crippen LogP contribution in [0.25, 0.3) is 16.5 Å². The lowest BCUT2D eigenvalue weighted by Crippen LogP contribution is -2.21. The lowest BCUT2D eigenvalue weighted by atomic mass is 10.0. The molecule has 2 aromatic heterocycles. The average molecular weight is 398 g/mol. The first-order chi connectivity index (χ1) is 13.9. The first kappa shape index (κ1) is 20.2. The number of aryl methyl sites for hydroxylation is 2. The van der Waals surface area contributed by atoms with Gasteiger partial charge in [0, 0.05) is 23.7 Å². The minimum Gasteiger partial charge on any atom is -0.493 e. The molecule has 0 unspecified atom stereocenters. The highest BCUT2D eigenvalue weighted by molar-refractivity contribution is 6.05. The maximum Gasteiger partial charge on any atom is 0.340 e. The topological polar surface area (TPSA) is 88.9 Å². The molecule has 29 heavy (non-hydrogen) atoms. The highest BCUT2D eigenvalue weighted by Crippen LogP contribution is 2.39. The minimum absolute atomic E-state index is 0.280. The summed E-state index contributed by atoms with van der Waals surface area (Å²) < 4.78 is 22.4. The highest BCUT2D eigenvalue weighted by Gasteiger charge is 2.21. The van der Waals surface area contributed by atoms with Crippen molar-refractivity contribution in [1.82, 2.24) is 9.55 Å². The van der Waals surface area contributed by atoms with Gasteiger partial charge in [0.1, 0.15) is 0 Å². The van der Waals surface area contributed by atoms with Crippen molar-refractivity contribution in [1.29, 1.82) is 0 Å². The number of rotatable bonds is 5. The second kappa shape index (κ2) is 7.83. The molecule has 8 heteroatoms. The molecule has 3 rings (SSSR count). The Kier molecular flexibility index (Phi) is 5.45. The van der Waals surface area contributed by atoms with E-state index >= 15 is 0 Å². The quantitative estimate of drug-likeness (QED) is 0.611. The molecule has 0 radical (unpaired) electrons. The molecule has 0 amide bonds. The van der Waals surface area contributed by atoms with Gasteiger partial charge in [0.15, 0.2) is 11.5 Å². The Morgan fingerprint density at radius 1 is 0.966 bits per heavy atom. The van der Waals surface area contributed by atoms with Crippen LogP contribution in [0, 0.1) is 13.8 Å². The molecule has 0 N–H and O–H groups in total. The number of esters is 1. The molecule has 0 aliphatic heterocycles. The zero-order valence-corrected chi connectivity index (χ0v) is 17.2. The monoisotopic (exact) mass is 398 g/mol. The molecule has 1 aromatic carbocycles. The van der Waals surface area contributed by atoms with E-state index in [-0.39, 0.29) is 11.1 Å². The molecule has 0 saturated heterocycles. The first-order valence-corrected chi connectivity index (χ1v) is 8.79. The Morgan fingerprint density at radius 3 is 2.10 bits per heavy atom. The number of carbonyl (C=O) groups excluding carboxylic acids is 1. The fourth-order valence-electron chi connectivity index (χ4n) is 3.42. The smallest absolute Gasteiger partial charge is 0.340 e. The van der Waals surface area contributed by atoms with Crippen LogP contribution in [0.4, 0.5) is 0 Å². The lowest BCUT2D eigenvalue weighted by Gasteiger charge is -2.16. The Hall–Kier alpha value is -3.55. The van der Waals surface area contributed by atoms with E-state index in [1.165, 1.54) is 33.0 Å². The summed E-state index contributed by atoms with van der Waals surface area (Å²) in [4.78, 5) is 30.0. The third-order valence-electron chi connectivity index (χ3n) is 4.74. The van der Waals surface area contributed by atoms with Gasteiger partial charge in [0.25, 0.3) is 5.56 Å². The van der Waals surface area contributed by atoms with Crippen molar-refractivity contribution >= 4 is 16.7 Å². The van der Waals surface area contributed by atoms with Crippen molar-refractivity contribution in [3.8, 4) is 22.9 Å². The van der Waals surface area contributed by atoms with Crippen molar-refractivity contribution < 1.29 is 23.7 Å². The van der Waals surface area contributed by atoms with Gasteiger partial charge < -0.3 is 18.9 Å². The second-order valence-corrected chi connectivity index (χ2v) is 6.31. The van der Waals surface area contributed by atoms with Crippen LogP contribution in [0.15, 0.2) is 29.2 Å². The van der Waals surface area contributed by atoms with Crippen LogP contribution in [0.2, 0.25) is 0 Å². The van der Waals surface area contributed by atoms with Crippen molar-refractivity contribution in [3.63, 3.8) is 0 Å². The van der Waals surface area contributed by atoms with Gasteiger partial charge in [-0.15, -0.1) is 0 Å². The summed E-state index contributed by atoms with van der Waals surface area (Å²) in [5.74, 6) is 0.727. The third kappa shape index (κ3) is 3.26. The molecule has 152 valence electrons.